The molecular formula is C14H17BrFN3. The second-order valence-corrected chi connectivity index (χ2v) is 5.71. The van der Waals surface area contributed by atoms with Crippen LogP contribution >= 0.6 is 15.9 Å². The summed E-state index contributed by atoms with van der Waals surface area (Å²) in [5.74, 6) is -0.231. The van der Waals surface area contributed by atoms with Crippen LogP contribution in [0.4, 0.5) is 4.39 Å². The number of benzene rings is 1. The lowest BCUT2D eigenvalue weighted by Crippen LogP contribution is -2.20. The van der Waals surface area contributed by atoms with Gasteiger partial charge in [0.15, 0.2) is 0 Å². The summed E-state index contributed by atoms with van der Waals surface area (Å²) in [4.78, 5) is 0. The van der Waals surface area contributed by atoms with E-state index in [-0.39, 0.29) is 17.9 Å². The van der Waals surface area contributed by atoms with Crippen molar-refractivity contribution in [1.82, 2.24) is 9.78 Å². The van der Waals surface area contributed by atoms with Crippen LogP contribution in [0.15, 0.2) is 34.9 Å². The zero-order chi connectivity index (χ0) is 14.0. The molecule has 0 amide bonds. The first kappa shape index (κ1) is 14.2. The minimum absolute atomic E-state index is 0.176. The largest absolute Gasteiger partial charge is 0.322 e. The molecule has 0 saturated carbocycles. The molecule has 2 rings (SSSR count). The number of halogens is 2. The summed E-state index contributed by atoms with van der Waals surface area (Å²) >= 11 is 3.49. The summed E-state index contributed by atoms with van der Waals surface area (Å²) in [6, 6.07) is 6.51. The summed E-state index contributed by atoms with van der Waals surface area (Å²) in [5, 5.41) is 4.32. The fraction of sp³-hybridized carbons (Fsp3) is 0.357. The van der Waals surface area contributed by atoms with Gasteiger partial charge >= 0.3 is 0 Å². The third-order valence-corrected chi connectivity index (χ3v) is 3.61. The van der Waals surface area contributed by atoms with Crippen molar-refractivity contribution >= 4 is 15.9 Å². The molecule has 2 aromatic rings. The molecule has 0 aliphatic rings. The van der Waals surface area contributed by atoms with Crippen LogP contribution in [0.5, 0.6) is 0 Å². The third-order valence-electron chi connectivity index (χ3n) is 3.00. The van der Waals surface area contributed by atoms with Crippen LogP contribution < -0.4 is 5.73 Å². The van der Waals surface area contributed by atoms with Crippen molar-refractivity contribution in [2.24, 2.45) is 5.73 Å². The second-order valence-electron chi connectivity index (χ2n) is 4.85. The van der Waals surface area contributed by atoms with Crippen molar-refractivity contribution in [2.75, 3.05) is 0 Å². The van der Waals surface area contributed by atoms with E-state index >= 15 is 0 Å². The normalized spacial score (nSPS) is 12.9. The minimum Gasteiger partial charge on any atom is -0.322 e. The molecule has 1 aromatic carbocycles. The van der Waals surface area contributed by atoms with Gasteiger partial charge in [-0.25, -0.2) is 4.39 Å². The Balaban J connectivity index is 2.22. The topological polar surface area (TPSA) is 43.8 Å². The van der Waals surface area contributed by atoms with Crippen LogP contribution in [-0.4, -0.2) is 9.78 Å². The van der Waals surface area contributed by atoms with E-state index in [1.54, 1.807) is 18.3 Å². The number of nitrogens with zero attached hydrogens (tertiary/aromatic N) is 2. The van der Waals surface area contributed by atoms with E-state index in [1.165, 1.54) is 12.1 Å². The monoisotopic (exact) mass is 325 g/mol. The predicted octanol–water partition coefficient (Wildman–Crippen LogP) is 3.61. The zero-order valence-electron chi connectivity index (χ0n) is 11.0. The molecule has 0 radical (unpaired) electrons. The van der Waals surface area contributed by atoms with E-state index in [2.05, 4.69) is 34.9 Å². The van der Waals surface area contributed by atoms with Gasteiger partial charge in [0.05, 0.1) is 22.4 Å². The number of rotatable bonds is 4. The molecule has 0 fully saturated rings. The summed E-state index contributed by atoms with van der Waals surface area (Å²) in [7, 11) is 0. The number of nitrogens with two attached hydrogens (primary N) is 1. The van der Waals surface area contributed by atoms with E-state index in [4.69, 9.17) is 5.73 Å². The number of hydrogen-bond acceptors (Lipinski definition) is 2. The minimum atomic E-state index is -0.231. The highest BCUT2D eigenvalue weighted by molar-refractivity contribution is 9.10. The quantitative estimate of drug-likeness (QED) is 0.933. The van der Waals surface area contributed by atoms with Gasteiger partial charge in [-0.15, -0.1) is 0 Å². The fourth-order valence-electron chi connectivity index (χ4n) is 2.08. The molecule has 1 atom stereocenters. The molecule has 1 heterocycles. The Morgan fingerprint density at radius 3 is 2.53 bits per heavy atom. The lowest BCUT2D eigenvalue weighted by atomic mass is 10.0. The molecule has 2 N–H and O–H groups in total. The zero-order valence-corrected chi connectivity index (χ0v) is 12.6. The van der Waals surface area contributed by atoms with Gasteiger partial charge in [0, 0.05) is 6.04 Å². The molecule has 0 bridgehead atoms. The van der Waals surface area contributed by atoms with Crippen LogP contribution in [0.1, 0.15) is 37.2 Å². The van der Waals surface area contributed by atoms with Crippen molar-refractivity contribution in [3.63, 3.8) is 0 Å². The van der Waals surface area contributed by atoms with Gasteiger partial charge in [-0.1, -0.05) is 12.1 Å². The van der Waals surface area contributed by atoms with E-state index in [0.29, 0.717) is 6.42 Å². The van der Waals surface area contributed by atoms with E-state index in [0.717, 1.165) is 15.7 Å². The highest BCUT2D eigenvalue weighted by Gasteiger charge is 2.18. The van der Waals surface area contributed by atoms with Gasteiger partial charge in [-0.3, -0.25) is 4.68 Å². The van der Waals surface area contributed by atoms with Crippen molar-refractivity contribution in [3.05, 3.63) is 52.0 Å². The van der Waals surface area contributed by atoms with Gasteiger partial charge in [-0.05, 0) is 53.9 Å². The Morgan fingerprint density at radius 2 is 1.95 bits per heavy atom. The SMILES string of the molecule is CC(C)n1ncc(Br)c1C(N)Cc1ccc(F)cc1. The summed E-state index contributed by atoms with van der Waals surface area (Å²) in [5.41, 5.74) is 8.25. The van der Waals surface area contributed by atoms with Gasteiger partial charge in [0.1, 0.15) is 5.82 Å². The maximum absolute atomic E-state index is 12.9. The Hall–Kier alpha value is -1.20. The Labute approximate surface area is 120 Å². The maximum Gasteiger partial charge on any atom is 0.123 e. The molecular weight excluding hydrogens is 309 g/mol. The van der Waals surface area contributed by atoms with Crippen LogP contribution in [0.3, 0.4) is 0 Å². The standard InChI is InChI=1S/C14H17BrFN3/c1-9(2)19-14(12(15)8-18-19)13(17)7-10-3-5-11(16)6-4-10/h3-6,8-9,13H,7,17H2,1-2H3. The molecule has 1 aromatic heterocycles. The van der Waals surface area contributed by atoms with E-state index in [9.17, 15) is 4.39 Å². The average molecular weight is 326 g/mol. The molecule has 102 valence electrons. The second kappa shape index (κ2) is 5.84. The van der Waals surface area contributed by atoms with Gasteiger partial charge in [-0.2, -0.15) is 5.10 Å². The van der Waals surface area contributed by atoms with E-state index < -0.39 is 0 Å². The van der Waals surface area contributed by atoms with Gasteiger partial charge in [0.25, 0.3) is 0 Å². The Bertz CT molecular complexity index is 548. The summed E-state index contributed by atoms with van der Waals surface area (Å²) in [6.45, 7) is 4.13. The Morgan fingerprint density at radius 1 is 1.32 bits per heavy atom. The fourth-order valence-corrected chi connectivity index (χ4v) is 2.65. The third kappa shape index (κ3) is 3.22. The van der Waals surface area contributed by atoms with Crippen molar-refractivity contribution < 1.29 is 4.39 Å². The Kier molecular flexibility index (Phi) is 4.37. The number of hydrogen-bond donors (Lipinski definition) is 1. The average Bonchev–Trinajstić information content (AvgIpc) is 2.74. The summed E-state index contributed by atoms with van der Waals surface area (Å²) < 4.78 is 15.7. The van der Waals surface area contributed by atoms with Crippen LogP contribution in [0, 0.1) is 5.82 Å². The molecule has 19 heavy (non-hydrogen) atoms. The molecule has 0 spiro atoms. The predicted molar refractivity (Wildman–Crippen MR) is 77.3 cm³/mol. The lowest BCUT2D eigenvalue weighted by Gasteiger charge is -2.17. The van der Waals surface area contributed by atoms with Crippen molar-refractivity contribution in [3.8, 4) is 0 Å². The molecule has 1 unspecified atom stereocenters. The van der Waals surface area contributed by atoms with Crippen molar-refractivity contribution in [2.45, 2.75) is 32.4 Å². The first-order valence-corrected chi connectivity index (χ1v) is 7.01. The van der Waals surface area contributed by atoms with Crippen molar-refractivity contribution in [1.29, 1.82) is 0 Å². The first-order chi connectivity index (χ1) is 8.99. The first-order valence-electron chi connectivity index (χ1n) is 6.22. The smallest absolute Gasteiger partial charge is 0.123 e. The maximum atomic E-state index is 12.9. The molecule has 3 nitrogen and oxygen atoms in total. The van der Waals surface area contributed by atoms with Crippen LogP contribution in [0.2, 0.25) is 0 Å². The highest BCUT2D eigenvalue weighted by atomic mass is 79.9. The van der Waals surface area contributed by atoms with Crippen LogP contribution in [-0.2, 0) is 6.42 Å². The molecule has 0 saturated heterocycles. The van der Waals surface area contributed by atoms with E-state index in [1.807, 2.05) is 4.68 Å². The van der Waals surface area contributed by atoms with Gasteiger partial charge < -0.3 is 5.73 Å². The number of aromatic nitrogens is 2. The highest BCUT2D eigenvalue weighted by Crippen LogP contribution is 2.26. The molecule has 0 aliphatic carbocycles. The van der Waals surface area contributed by atoms with Gasteiger partial charge in [0.2, 0.25) is 0 Å². The lowest BCUT2D eigenvalue weighted by molar-refractivity contribution is 0.484. The summed E-state index contributed by atoms with van der Waals surface area (Å²) in [6.07, 6.45) is 2.41. The van der Waals surface area contributed by atoms with Crippen LogP contribution in [0.25, 0.3) is 0 Å². The molecule has 0 aliphatic heterocycles. The molecule has 5 heteroatoms.